The molecular weight excluding hydrogens is 258 g/mol. The predicted molar refractivity (Wildman–Crippen MR) is 63.5 cm³/mol. The minimum atomic E-state index is -0.472. The molecule has 0 spiro atoms. The van der Waals surface area contributed by atoms with Crippen molar-refractivity contribution >= 4 is 35.0 Å². The number of nitrogens with zero attached hydrogens (tertiary/aromatic N) is 4. The zero-order chi connectivity index (χ0) is 12.7. The van der Waals surface area contributed by atoms with E-state index in [1.165, 1.54) is 9.42 Å². The Balaban J connectivity index is 1.99. The van der Waals surface area contributed by atoms with Crippen LogP contribution in [0.15, 0.2) is 18.3 Å². The van der Waals surface area contributed by atoms with Crippen molar-refractivity contribution in [1.82, 2.24) is 19.9 Å². The molecule has 2 aromatic rings. The second-order valence-electron chi connectivity index (χ2n) is 3.81. The summed E-state index contributed by atoms with van der Waals surface area (Å²) in [6.45, 7) is 0.308. The Hall–Kier alpha value is -2.15. The fourth-order valence-electron chi connectivity index (χ4n) is 1.76. The summed E-state index contributed by atoms with van der Waals surface area (Å²) >= 11 is 5.77. The summed E-state index contributed by atoms with van der Waals surface area (Å²) < 4.78 is 1.52. The first kappa shape index (κ1) is 11.0. The number of carbonyl (C=O) groups is 2. The SMILES string of the molecule is O=C1CCN(c2cc3nc(Cl)ccn3n2)C(=O)N1. The molecule has 7 nitrogen and oxygen atoms in total. The molecule has 92 valence electrons. The summed E-state index contributed by atoms with van der Waals surface area (Å²) in [5.41, 5.74) is 0.544. The molecule has 0 unspecified atom stereocenters. The van der Waals surface area contributed by atoms with Crippen LogP contribution in [0, 0.1) is 0 Å². The number of amides is 3. The number of aromatic nitrogens is 3. The molecule has 1 saturated heterocycles. The molecule has 1 fully saturated rings. The Bertz CT molecular complexity index is 653. The van der Waals surface area contributed by atoms with E-state index in [0.29, 0.717) is 23.2 Å². The van der Waals surface area contributed by atoms with E-state index in [1.807, 2.05) is 0 Å². The number of nitrogens with one attached hydrogen (secondary N) is 1. The molecule has 3 rings (SSSR count). The molecule has 1 aliphatic rings. The summed E-state index contributed by atoms with van der Waals surface area (Å²) in [5, 5.41) is 6.79. The molecule has 3 heterocycles. The molecule has 3 amide bonds. The Kier molecular flexibility index (Phi) is 2.41. The van der Waals surface area contributed by atoms with E-state index < -0.39 is 6.03 Å². The van der Waals surface area contributed by atoms with Gasteiger partial charge in [0, 0.05) is 25.2 Å². The summed E-state index contributed by atoms with van der Waals surface area (Å²) in [6.07, 6.45) is 1.91. The van der Waals surface area contributed by atoms with Crippen molar-refractivity contribution < 1.29 is 9.59 Å². The number of imide groups is 1. The molecule has 0 aromatic carbocycles. The first-order valence-corrected chi connectivity index (χ1v) is 5.64. The lowest BCUT2D eigenvalue weighted by molar-refractivity contribution is -0.120. The van der Waals surface area contributed by atoms with Crippen LogP contribution in [0.1, 0.15) is 6.42 Å². The van der Waals surface area contributed by atoms with Crippen LogP contribution < -0.4 is 10.2 Å². The van der Waals surface area contributed by atoms with Crippen molar-refractivity contribution in [2.75, 3.05) is 11.4 Å². The Morgan fingerprint density at radius 2 is 2.22 bits per heavy atom. The normalized spacial score (nSPS) is 16.2. The average Bonchev–Trinajstić information content (AvgIpc) is 2.71. The molecule has 18 heavy (non-hydrogen) atoms. The van der Waals surface area contributed by atoms with Crippen LogP contribution in [0.5, 0.6) is 0 Å². The maximum Gasteiger partial charge on any atom is 0.329 e. The monoisotopic (exact) mass is 265 g/mol. The van der Waals surface area contributed by atoms with Crippen molar-refractivity contribution in [2.24, 2.45) is 0 Å². The molecule has 1 N–H and O–H groups in total. The van der Waals surface area contributed by atoms with Gasteiger partial charge in [-0.15, -0.1) is 5.10 Å². The summed E-state index contributed by atoms with van der Waals surface area (Å²) in [6, 6.07) is 2.77. The van der Waals surface area contributed by atoms with Gasteiger partial charge in [-0.05, 0) is 6.07 Å². The van der Waals surface area contributed by atoms with Gasteiger partial charge in [0.1, 0.15) is 5.15 Å². The minimum Gasteiger partial charge on any atom is -0.278 e. The van der Waals surface area contributed by atoms with Gasteiger partial charge in [0.25, 0.3) is 0 Å². The lowest BCUT2D eigenvalue weighted by Gasteiger charge is -2.23. The molecule has 0 aliphatic carbocycles. The standard InChI is InChI=1S/C10H8ClN5O2/c11-6-1-4-16-7(12-6)5-8(14-16)15-3-2-9(17)13-10(15)18/h1,4-5H,2-3H2,(H,13,17,18). The van der Waals surface area contributed by atoms with E-state index in [2.05, 4.69) is 15.4 Å². The van der Waals surface area contributed by atoms with E-state index in [9.17, 15) is 9.59 Å². The molecule has 0 atom stereocenters. The summed E-state index contributed by atoms with van der Waals surface area (Å²) in [5.74, 6) is 0.163. The highest BCUT2D eigenvalue weighted by atomic mass is 35.5. The van der Waals surface area contributed by atoms with Crippen LogP contribution in [0.2, 0.25) is 5.15 Å². The number of hydrogen-bond donors (Lipinski definition) is 1. The first-order chi connectivity index (χ1) is 8.63. The van der Waals surface area contributed by atoms with E-state index in [4.69, 9.17) is 11.6 Å². The number of urea groups is 1. The minimum absolute atomic E-state index is 0.258. The predicted octanol–water partition coefficient (Wildman–Crippen LogP) is 0.829. The lowest BCUT2D eigenvalue weighted by Crippen LogP contribution is -2.49. The lowest BCUT2D eigenvalue weighted by atomic mass is 10.3. The fourth-order valence-corrected chi connectivity index (χ4v) is 1.90. The van der Waals surface area contributed by atoms with Crippen LogP contribution in [-0.4, -0.2) is 33.1 Å². The van der Waals surface area contributed by atoms with Crippen LogP contribution in [0.4, 0.5) is 10.6 Å². The largest absolute Gasteiger partial charge is 0.329 e. The fraction of sp³-hybridized carbons (Fsp3) is 0.200. The Morgan fingerprint density at radius 3 is 3.00 bits per heavy atom. The van der Waals surface area contributed by atoms with Crippen molar-refractivity contribution in [2.45, 2.75) is 6.42 Å². The van der Waals surface area contributed by atoms with Crippen molar-refractivity contribution in [3.8, 4) is 0 Å². The van der Waals surface area contributed by atoms with E-state index in [0.717, 1.165) is 0 Å². The van der Waals surface area contributed by atoms with Gasteiger partial charge < -0.3 is 0 Å². The van der Waals surface area contributed by atoms with Crippen molar-refractivity contribution in [3.05, 3.63) is 23.5 Å². The average molecular weight is 266 g/mol. The molecule has 8 heteroatoms. The smallest absolute Gasteiger partial charge is 0.278 e. The highest BCUT2D eigenvalue weighted by Crippen LogP contribution is 2.17. The number of fused-ring (bicyclic) bond motifs is 1. The number of hydrogen-bond acceptors (Lipinski definition) is 4. The van der Waals surface area contributed by atoms with Crippen LogP contribution >= 0.6 is 11.6 Å². The highest BCUT2D eigenvalue weighted by molar-refractivity contribution is 6.29. The van der Waals surface area contributed by atoms with Gasteiger partial charge in [-0.2, -0.15) is 0 Å². The zero-order valence-electron chi connectivity index (χ0n) is 9.13. The quantitative estimate of drug-likeness (QED) is 0.775. The van der Waals surface area contributed by atoms with Gasteiger partial charge in [0.15, 0.2) is 11.5 Å². The van der Waals surface area contributed by atoms with Crippen LogP contribution in [0.25, 0.3) is 5.65 Å². The highest BCUT2D eigenvalue weighted by Gasteiger charge is 2.26. The molecule has 2 aromatic heterocycles. The molecule has 0 radical (unpaired) electrons. The topological polar surface area (TPSA) is 79.6 Å². The first-order valence-electron chi connectivity index (χ1n) is 5.27. The third-order valence-corrected chi connectivity index (χ3v) is 2.82. The van der Waals surface area contributed by atoms with Gasteiger partial charge >= 0.3 is 6.03 Å². The van der Waals surface area contributed by atoms with E-state index in [1.54, 1.807) is 18.3 Å². The summed E-state index contributed by atoms with van der Waals surface area (Å²) in [7, 11) is 0. The van der Waals surface area contributed by atoms with Gasteiger partial charge in [-0.3, -0.25) is 15.0 Å². The van der Waals surface area contributed by atoms with Gasteiger partial charge in [0.2, 0.25) is 5.91 Å². The maximum atomic E-state index is 11.6. The van der Waals surface area contributed by atoms with Crippen LogP contribution in [-0.2, 0) is 4.79 Å². The third kappa shape index (κ3) is 1.78. The Morgan fingerprint density at radius 1 is 1.39 bits per heavy atom. The number of anilines is 1. The second kappa shape index (κ2) is 3.95. The summed E-state index contributed by atoms with van der Waals surface area (Å²) in [4.78, 5) is 28.2. The van der Waals surface area contributed by atoms with E-state index >= 15 is 0 Å². The van der Waals surface area contributed by atoms with Crippen molar-refractivity contribution in [3.63, 3.8) is 0 Å². The zero-order valence-corrected chi connectivity index (χ0v) is 9.89. The second-order valence-corrected chi connectivity index (χ2v) is 4.20. The number of halogens is 1. The van der Waals surface area contributed by atoms with E-state index in [-0.39, 0.29) is 12.3 Å². The molecule has 1 aliphatic heterocycles. The molecular formula is C10H8ClN5O2. The Labute approximate surface area is 106 Å². The maximum absolute atomic E-state index is 11.6. The van der Waals surface area contributed by atoms with Crippen LogP contribution in [0.3, 0.4) is 0 Å². The van der Waals surface area contributed by atoms with Crippen molar-refractivity contribution in [1.29, 1.82) is 0 Å². The van der Waals surface area contributed by atoms with Gasteiger partial charge in [0.05, 0.1) is 0 Å². The van der Waals surface area contributed by atoms with Gasteiger partial charge in [-0.1, -0.05) is 11.6 Å². The van der Waals surface area contributed by atoms with Gasteiger partial charge in [-0.25, -0.2) is 14.3 Å². The number of carbonyl (C=O) groups excluding carboxylic acids is 2. The third-order valence-electron chi connectivity index (χ3n) is 2.61. The molecule has 0 saturated carbocycles. The number of rotatable bonds is 1. The molecule has 0 bridgehead atoms.